The fourth-order valence-corrected chi connectivity index (χ4v) is 3.87. The average molecular weight is 423 g/mol. The van der Waals surface area contributed by atoms with Crippen molar-refractivity contribution < 1.29 is 18.7 Å². The van der Waals surface area contributed by atoms with E-state index in [1.54, 1.807) is 13.2 Å². The van der Waals surface area contributed by atoms with Gasteiger partial charge in [-0.1, -0.05) is 18.6 Å². The van der Waals surface area contributed by atoms with Gasteiger partial charge < -0.3 is 20.5 Å². The van der Waals surface area contributed by atoms with Crippen LogP contribution in [0.5, 0.6) is 11.5 Å². The Kier molecular flexibility index (Phi) is 8.29. The Bertz CT molecular complexity index is 833. The normalized spacial score (nSPS) is 19.2. The third-order valence-corrected chi connectivity index (χ3v) is 5.40. The molecule has 1 aliphatic rings. The van der Waals surface area contributed by atoms with E-state index < -0.39 is 11.9 Å². The molecule has 0 aliphatic heterocycles. The van der Waals surface area contributed by atoms with Gasteiger partial charge in [-0.3, -0.25) is 4.79 Å². The van der Waals surface area contributed by atoms with Gasteiger partial charge in [0, 0.05) is 18.0 Å². The molecule has 1 aliphatic carbocycles. The number of nitrogens with two attached hydrogens (primary N) is 1. The lowest BCUT2D eigenvalue weighted by atomic mass is 9.95. The van der Waals surface area contributed by atoms with Crippen LogP contribution in [0.25, 0.3) is 0 Å². The number of ether oxygens (including phenoxy) is 2. The number of carbonyl (C=O) groups is 1. The molecule has 158 valence electrons. The van der Waals surface area contributed by atoms with E-state index in [1.807, 2.05) is 24.3 Å². The molecule has 2 aromatic rings. The molecule has 0 bridgehead atoms. The molecule has 0 radical (unpaired) electrons. The van der Waals surface area contributed by atoms with Crippen LogP contribution < -0.4 is 20.5 Å². The van der Waals surface area contributed by atoms with Crippen molar-refractivity contribution in [1.82, 2.24) is 5.32 Å². The van der Waals surface area contributed by atoms with E-state index in [9.17, 15) is 9.18 Å². The van der Waals surface area contributed by atoms with Crippen LogP contribution >= 0.6 is 12.4 Å². The van der Waals surface area contributed by atoms with E-state index in [4.69, 9.17) is 15.2 Å². The average Bonchev–Trinajstić information content (AvgIpc) is 3.10. The third kappa shape index (κ3) is 5.61. The lowest BCUT2D eigenvalue weighted by Crippen LogP contribution is -2.34. The van der Waals surface area contributed by atoms with Gasteiger partial charge in [-0.05, 0) is 54.7 Å². The minimum absolute atomic E-state index is 0. The minimum Gasteiger partial charge on any atom is -0.497 e. The molecule has 5 nitrogen and oxygen atoms in total. The molecule has 0 heterocycles. The number of hydrogen-bond acceptors (Lipinski definition) is 4. The molecule has 1 amide bonds. The first kappa shape index (κ1) is 23.0. The van der Waals surface area contributed by atoms with E-state index in [0.717, 1.165) is 24.8 Å². The fourth-order valence-electron chi connectivity index (χ4n) is 3.87. The smallest absolute Gasteiger partial charge is 0.221 e. The van der Waals surface area contributed by atoms with E-state index >= 15 is 0 Å². The Hall–Kier alpha value is -2.31. The summed E-state index contributed by atoms with van der Waals surface area (Å²) in [4.78, 5) is 12.8. The number of amides is 1. The van der Waals surface area contributed by atoms with E-state index in [-0.39, 0.29) is 30.3 Å². The Labute approximate surface area is 177 Å². The van der Waals surface area contributed by atoms with Crippen molar-refractivity contribution in [3.8, 4) is 11.5 Å². The van der Waals surface area contributed by atoms with Gasteiger partial charge in [0.15, 0.2) is 0 Å². The van der Waals surface area contributed by atoms with Gasteiger partial charge in [-0.2, -0.15) is 0 Å². The summed E-state index contributed by atoms with van der Waals surface area (Å²) in [6.07, 6.45) is 3.33. The molecule has 1 saturated carbocycles. The Morgan fingerprint density at radius 1 is 1.21 bits per heavy atom. The van der Waals surface area contributed by atoms with Gasteiger partial charge >= 0.3 is 0 Å². The van der Waals surface area contributed by atoms with Crippen molar-refractivity contribution >= 4 is 18.3 Å². The SMILES string of the molecule is COc1cccc(C(NC(=O)C[C@@H]2CCC[C@H]2N)c2cc(F)ccc2OC)c1.Cl. The maximum Gasteiger partial charge on any atom is 0.221 e. The lowest BCUT2D eigenvalue weighted by molar-refractivity contribution is -0.122. The first-order chi connectivity index (χ1) is 13.5. The molecule has 0 aromatic heterocycles. The minimum atomic E-state index is -0.564. The fraction of sp³-hybridized carbons (Fsp3) is 0.409. The molecular weight excluding hydrogens is 395 g/mol. The molecular formula is C22H28ClFN2O3. The molecule has 0 spiro atoms. The molecule has 1 fully saturated rings. The largest absolute Gasteiger partial charge is 0.497 e. The summed E-state index contributed by atoms with van der Waals surface area (Å²) in [6.45, 7) is 0. The summed E-state index contributed by atoms with van der Waals surface area (Å²) in [7, 11) is 3.11. The van der Waals surface area contributed by atoms with Gasteiger partial charge in [0.1, 0.15) is 17.3 Å². The molecule has 29 heavy (non-hydrogen) atoms. The van der Waals surface area contributed by atoms with Gasteiger partial charge in [-0.15, -0.1) is 12.4 Å². The summed E-state index contributed by atoms with van der Waals surface area (Å²) < 4.78 is 24.7. The second kappa shape index (κ2) is 10.5. The lowest BCUT2D eigenvalue weighted by Gasteiger charge is -2.24. The first-order valence-electron chi connectivity index (χ1n) is 9.54. The van der Waals surface area contributed by atoms with Gasteiger partial charge in [-0.25, -0.2) is 4.39 Å². The van der Waals surface area contributed by atoms with E-state index in [1.165, 1.54) is 19.2 Å². The number of hydrogen-bond donors (Lipinski definition) is 2. The summed E-state index contributed by atoms with van der Waals surface area (Å²) in [5, 5.41) is 3.05. The Morgan fingerprint density at radius 3 is 2.66 bits per heavy atom. The second-order valence-corrected chi connectivity index (χ2v) is 7.22. The number of halogens is 2. The number of nitrogens with one attached hydrogen (secondary N) is 1. The highest BCUT2D eigenvalue weighted by Crippen LogP contribution is 2.33. The first-order valence-corrected chi connectivity index (χ1v) is 9.54. The molecule has 1 unspecified atom stereocenters. The van der Waals surface area contributed by atoms with Crippen molar-refractivity contribution in [3.63, 3.8) is 0 Å². The third-order valence-electron chi connectivity index (χ3n) is 5.40. The number of benzene rings is 2. The number of carbonyl (C=O) groups excluding carboxylic acids is 1. The van der Waals surface area contributed by atoms with Crippen molar-refractivity contribution in [2.75, 3.05) is 14.2 Å². The topological polar surface area (TPSA) is 73.6 Å². The predicted octanol–water partition coefficient (Wildman–Crippen LogP) is 3.99. The number of methoxy groups -OCH3 is 2. The van der Waals surface area contributed by atoms with Crippen molar-refractivity contribution in [1.29, 1.82) is 0 Å². The predicted molar refractivity (Wildman–Crippen MR) is 113 cm³/mol. The van der Waals surface area contributed by atoms with E-state index in [2.05, 4.69) is 5.32 Å². The van der Waals surface area contributed by atoms with Crippen LogP contribution in [0.3, 0.4) is 0 Å². The highest BCUT2D eigenvalue weighted by Gasteiger charge is 2.28. The Morgan fingerprint density at radius 2 is 2.00 bits per heavy atom. The molecule has 3 atom stereocenters. The van der Waals surface area contributed by atoms with Gasteiger partial charge in [0.05, 0.1) is 20.3 Å². The maximum absolute atomic E-state index is 14.0. The zero-order chi connectivity index (χ0) is 20.1. The summed E-state index contributed by atoms with van der Waals surface area (Å²) in [5.74, 6) is 0.842. The summed E-state index contributed by atoms with van der Waals surface area (Å²) >= 11 is 0. The van der Waals surface area contributed by atoms with Crippen LogP contribution in [0, 0.1) is 11.7 Å². The number of rotatable bonds is 7. The van der Waals surface area contributed by atoms with E-state index in [0.29, 0.717) is 23.5 Å². The van der Waals surface area contributed by atoms with Gasteiger partial charge in [0.25, 0.3) is 0 Å². The summed E-state index contributed by atoms with van der Waals surface area (Å²) in [5.41, 5.74) is 7.46. The van der Waals surface area contributed by atoms with Crippen LogP contribution in [0.1, 0.15) is 42.9 Å². The zero-order valence-corrected chi connectivity index (χ0v) is 17.5. The van der Waals surface area contributed by atoms with Crippen molar-refractivity contribution in [2.45, 2.75) is 37.8 Å². The van der Waals surface area contributed by atoms with Crippen LogP contribution in [0.15, 0.2) is 42.5 Å². The van der Waals surface area contributed by atoms with Crippen LogP contribution in [-0.2, 0) is 4.79 Å². The second-order valence-electron chi connectivity index (χ2n) is 7.22. The van der Waals surface area contributed by atoms with Crippen molar-refractivity contribution in [3.05, 3.63) is 59.4 Å². The molecule has 7 heteroatoms. The standard InChI is InChI=1S/C22H27FN2O3.ClH/c1-27-17-7-3-6-15(11-17)22(18-13-16(23)9-10-20(18)28-2)25-21(26)12-14-5-4-8-19(14)24;/h3,6-7,9-11,13-14,19,22H,4-5,8,12,24H2,1-2H3,(H,25,26);1H/t14-,19+,22?;/m0./s1. The Balaban J connectivity index is 0.00000300. The molecule has 2 aromatic carbocycles. The zero-order valence-electron chi connectivity index (χ0n) is 16.7. The van der Waals surface area contributed by atoms with Crippen molar-refractivity contribution in [2.24, 2.45) is 11.7 Å². The quantitative estimate of drug-likeness (QED) is 0.707. The molecule has 0 saturated heterocycles. The molecule has 3 N–H and O–H groups in total. The van der Waals surface area contributed by atoms with Crippen LogP contribution in [0.4, 0.5) is 4.39 Å². The van der Waals surface area contributed by atoms with Gasteiger partial charge in [0.2, 0.25) is 5.91 Å². The summed E-state index contributed by atoms with van der Waals surface area (Å²) in [6, 6.07) is 11.2. The highest BCUT2D eigenvalue weighted by atomic mass is 35.5. The molecule has 3 rings (SSSR count). The monoisotopic (exact) mass is 422 g/mol. The van der Waals surface area contributed by atoms with Crippen LogP contribution in [0.2, 0.25) is 0 Å². The maximum atomic E-state index is 14.0. The highest BCUT2D eigenvalue weighted by molar-refractivity contribution is 5.85. The van der Waals surface area contributed by atoms with Crippen LogP contribution in [-0.4, -0.2) is 26.2 Å².